The predicted molar refractivity (Wildman–Crippen MR) is 188 cm³/mol. The fourth-order valence-corrected chi connectivity index (χ4v) is 4.34. The lowest BCUT2D eigenvalue weighted by Crippen LogP contribution is -2.23. The lowest BCUT2D eigenvalue weighted by Gasteiger charge is -2.08. The Bertz CT molecular complexity index is 528. The summed E-state index contributed by atoms with van der Waals surface area (Å²) in [5.74, 6) is -1.14. The Morgan fingerprint density at radius 2 is 0.791 bits per heavy atom. The minimum Gasteiger partial charge on any atom is -0.480 e. The summed E-state index contributed by atoms with van der Waals surface area (Å²) in [7, 11) is 8.77. The van der Waals surface area contributed by atoms with Gasteiger partial charge in [0.2, 0.25) is 0 Å². The Hall–Kier alpha value is -0.540. The van der Waals surface area contributed by atoms with Gasteiger partial charge in [0.15, 0.2) is 0 Å². The molecule has 0 bridgehead atoms. The van der Waals surface area contributed by atoms with Gasteiger partial charge in [0, 0.05) is 0 Å². The summed E-state index contributed by atoms with van der Waals surface area (Å²) in [6.45, 7) is 10.1. The van der Waals surface area contributed by atoms with E-state index in [1.807, 2.05) is 0 Å². The molecule has 0 saturated heterocycles. The van der Waals surface area contributed by atoms with Crippen molar-refractivity contribution in [2.45, 2.75) is 136 Å². The van der Waals surface area contributed by atoms with E-state index in [2.05, 4.69) is 83.1 Å². The quantitative estimate of drug-likeness (QED) is 0.0594. The molecule has 10 heteroatoms. The molecule has 0 heterocycles. The van der Waals surface area contributed by atoms with Crippen LogP contribution in [0.1, 0.15) is 136 Å². The lowest BCUT2D eigenvalue weighted by molar-refractivity contribution is -0.135. The molecule has 0 unspecified atom stereocenters. The first kappa shape index (κ1) is 49.3. The zero-order valence-electron chi connectivity index (χ0n) is 30.2. The number of unbranched alkanes of at least 4 members (excludes halogenated alkanes) is 15. The second-order valence-corrected chi connectivity index (χ2v) is 14.0. The summed E-state index contributed by atoms with van der Waals surface area (Å²) in [6, 6.07) is 0. The third-order valence-corrected chi connectivity index (χ3v) is 7.11. The van der Waals surface area contributed by atoms with Crippen LogP contribution in [0, 0.1) is 0 Å². The molecule has 0 aliphatic rings. The highest BCUT2D eigenvalue weighted by Gasteiger charge is 2.11. The van der Waals surface area contributed by atoms with Crippen LogP contribution in [0.15, 0.2) is 0 Å². The molecule has 0 aliphatic carbocycles. The Morgan fingerprint density at radius 1 is 0.535 bits per heavy atom. The standard InChI is InChI=1S/3C10H23N.C3H8NO5P/c3*1-4-5-6-7-8-9-10-11(2)3;5-3(6)1-4-2-10(7,8)9/h3*4-10H2,1-3H3;4H,1-2H2,(H,5,6)(H2,7,8,9). The summed E-state index contributed by atoms with van der Waals surface area (Å²) < 4.78 is 10.1. The Balaban J connectivity index is -0.000000236. The summed E-state index contributed by atoms with van der Waals surface area (Å²) >= 11 is 0. The van der Waals surface area contributed by atoms with E-state index < -0.39 is 26.4 Å². The third-order valence-electron chi connectivity index (χ3n) is 6.47. The normalized spacial score (nSPS) is 11.0. The first-order chi connectivity index (χ1) is 20.2. The highest BCUT2D eigenvalue weighted by molar-refractivity contribution is 7.51. The van der Waals surface area contributed by atoms with E-state index in [4.69, 9.17) is 14.9 Å². The molecule has 264 valence electrons. The molecule has 0 amide bonds. The lowest BCUT2D eigenvalue weighted by atomic mass is 10.1. The van der Waals surface area contributed by atoms with E-state index in [1.54, 1.807) is 0 Å². The molecule has 0 aromatic rings. The maximum Gasteiger partial charge on any atom is 0.339 e. The number of carbonyl (C=O) groups is 1. The Kier molecular flexibility index (Phi) is 45.3. The van der Waals surface area contributed by atoms with Gasteiger partial charge >= 0.3 is 13.6 Å². The summed E-state index contributed by atoms with van der Waals surface area (Å²) in [5.41, 5.74) is 0. The highest BCUT2D eigenvalue weighted by Crippen LogP contribution is 2.31. The number of carboxylic acid groups (broad SMARTS) is 1. The van der Waals surface area contributed by atoms with Crippen LogP contribution in [0.25, 0.3) is 0 Å². The zero-order valence-corrected chi connectivity index (χ0v) is 31.1. The number of rotatable bonds is 25. The molecule has 0 fully saturated rings. The van der Waals surface area contributed by atoms with Crippen molar-refractivity contribution in [1.82, 2.24) is 20.0 Å². The highest BCUT2D eigenvalue weighted by atomic mass is 31.2. The van der Waals surface area contributed by atoms with Crippen molar-refractivity contribution in [3.05, 3.63) is 0 Å². The number of carboxylic acids is 1. The van der Waals surface area contributed by atoms with Gasteiger partial charge in [-0.25, -0.2) is 0 Å². The van der Waals surface area contributed by atoms with Gasteiger partial charge in [0.1, 0.15) is 0 Å². The van der Waals surface area contributed by atoms with Crippen molar-refractivity contribution in [3.8, 4) is 0 Å². The van der Waals surface area contributed by atoms with Crippen molar-refractivity contribution in [2.75, 3.05) is 74.8 Å². The van der Waals surface area contributed by atoms with E-state index in [0.29, 0.717) is 0 Å². The van der Waals surface area contributed by atoms with Crippen molar-refractivity contribution in [2.24, 2.45) is 0 Å². The van der Waals surface area contributed by atoms with Crippen LogP contribution in [0.2, 0.25) is 0 Å². The minimum absolute atomic E-state index is 0.439. The molecular formula is C33H77N4O5P. The fourth-order valence-electron chi connectivity index (χ4n) is 3.93. The van der Waals surface area contributed by atoms with E-state index in [0.717, 1.165) is 0 Å². The predicted octanol–water partition coefficient (Wildman–Crippen LogP) is 7.52. The molecule has 0 radical (unpaired) electrons. The first-order valence-corrected chi connectivity index (χ1v) is 18.9. The smallest absolute Gasteiger partial charge is 0.339 e. The monoisotopic (exact) mass is 641 g/mol. The second kappa shape index (κ2) is 39.5. The zero-order chi connectivity index (χ0) is 33.8. The molecule has 0 atom stereocenters. The maximum absolute atomic E-state index is 10.1. The van der Waals surface area contributed by atoms with E-state index in [9.17, 15) is 9.36 Å². The first-order valence-electron chi connectivity index (χ1n) is 17.1. The largest absolute Gasteiger partial charge is 0.480 e. The SMILES string of the molecule is CCCCCCCCN(C)C.CCCCCCCCN(C)C.CCCCCCCCN(C)C.O=C(O)CNCP(=O)(O)O. The van der Waals surface area contributed by atoms with Gasteiger partial charge in [-0.1, -0.05) is 117 Å². The van der Waals surface area contributed by atoms with E-state index in [1.165, 1.54) is 135 Å². The molecule has 0 aliphatic heterocycles. The van der Waals surface area contributed by atoms with Crippen LogP contribution in [-0.2, 0) is 9.36 Å². The van der Waals surface area contributed by atoms with Gasteiger partial charge in [-0.2, -0.15) is 0 Å². The van der Waals surface area contributed by atoms with Crippen LogP contribution < -0.4 is 5.32 Å². The van der Waals surface area contributed by atoms with Crippen LogP contribution in [-0.4, -0.2) is 110 Å². The number of nitrogens with zero attached hydrogens (tertiary/aromatic N) is 3. The van der Waals surface area contributed by atoms with Crippen molar-refractivity contribution in [1.29, 1.82) is 0 Å². The maximum atomic E-state index is 10.1. The summed E-state index contributed by atoms with van der Waals surface area (Å²) in [6.07, 6.45) is 24.7. The average molecular weight is 641 g/mol. The van der Waals surface area contributed by atoms with E-state index in [-0.39, 0.29) is 0 Å². The summed E-state index contributed by atoms with van der Waals surface area (Å²) in [5, 5.41) is 10.1. The van der Waals surface area contributed by atoms with Crippen LogP contribution in [0.5, 0.6) is 0 Å². The number of aliphatic carboxylic acids is 1. The molecule has 0 saturated carbocycles. The van der Waals surface area contributed by atoms with Gasteiger partial charge in [0.05, 0.1) is 12.8 Å². The van der Waals surface area contributed by atoms with Crippen LogP contribution >= 0.6 is 7.60 Å². The van der Waals surface area contributed by atoms with Crippen LogP contribution in [0.3, 0.4) is 0 Å². The Labute approximate surface area is 268 Å². The Morgan fingerprint density at radius 3 is 1.00 bits per heavy atom. The molecule has 9 nitrogen and oxygen atoms in total. The summed E-state index contributed by atoms with van der Waals surface area (Å²) in [4.78, 5) is 32.9. The van der Waals surface area contributed by atoms with Gasteiger partial charge in [-0.05, 0) is 81.2 Å². The topological polar surface area (TPSA) is 117 Å². The fraction of sp³-hybridized carbons (Fsp3) is 0.970. The van der Waals surface area contributed by atoms with Crippen molar-refractivity contribution >= 4 is 13.6 Å². The molecule has 0 spiro atoms. The second-order valence-electron chi connectivity index (χ2n) is 12.4. The molecule has 4 N–H and O–H groups in total. The minimum atomic E-state index is -4.10. The van der Waals surface area contributed by atoms with Crippen molar-refractivity contribution in [3.63, 3.8) is 0 Å². The number of nitrogens with one attached hydrogen (secondary N) is 1. The van der Waals surface area contributed by atoms with E-state index >= 15 is 0 Å². The third kappa shape index (κ3) is 69.6. The molecule has 0 aromatic heterocycles. The van der Waals surface area contributed by atoms with Gasteiger partial charge < -0.3 is 29.6 Å². The van der Waals surface area contributed by atoms with Crippen molar-refractivity contribution < 1.29 is 24.3 Å². The average Bonchev–Trinajstić information content (AvgIpc) is 2.90. The molecular weight excluding hydrogens is 563 g/mol. The molecule has 0 aromatic carbocycles. The number of hydrogen-bond acceptors (Lipinski definition) is 6. The van der Waals surface area contributed by atoms with Gasteiger partial charge in [-0.3, -0.25) is 14.7 Å². The van der Waals surface area contributed by atoms with Gasteiger partial charge in [-0.15, -0.1) is 0 Å². The molecule has 0 rings (SSSR count). The van der Waals surface area contributed by atoms with Gasteiger partial charge in [0.25, 0.3) is 0 Å². The molecule has 43 heavy (non-hydrogen) atoms. The van der Waals surface area contributed by atoms with Crippen LogP contribution in [0.4, 0.5) is 0 Å². The number of hydrogen-bond donors (Lipinski definition) is 4.